The molecule has 0 unspecified atom stereocenters. The molecule has 65 heavy (non-hydrogen) atoms. The van der Waals surface area contributed by atoms with Crippen molar-refractivity contribution in [1.82, 2.24) is 0 Å². The van der Waals surface area contributed by atoms with E-state index in [4.69, 9.17) is 108 Å². The predicted molar refractivity (Wildman–Crippen MR) is 245 cm³/mol. The van der Waals surface area contributed by atoms with E-state index >= 15 is 0 Å². The number of nitrogens with two attached hydrogens (primary N) is 4. The predicted octanol–water partition coefficient (Wildman–Crippen LogP) is -0.0307. The Morgan fingerprint density at radius 2 is 0.600 bits per heavy atom. The van der Waals surface area contributed by atoms with Crippen LogP contribution in [-0.4, -0.2) is 187 Å². The van der Waals surface area contributed by atoms with E-state index in [9.17, 15) is 0 Å². The maximum absolute atomic E-state index is 8.60. The zero-order chi connectivity index (χ0) is 50.0. The Hall–Kier alpha value is -3.39. The van der Waals surface area contributed by atoms with Crippen molar-refractivity contribution in [2.45, 2.75) is 58.2 Å². The molecule has 22 heteroatoms. The number of allylic oxidation sites excluding steroid dienone is 1. The summed E-state index contributed by atoms with van der Waals surface area (Å²) in [5.41, 5.74) is 20.0. The highest BCUT2D eigenvalue weighted by Gasteiger charge is 2.34. The molecule has 0 saturated carbocycles. The van der Waals surface area contributed by atoms with Crippen LogP contribution in [0.25, 0.3) is 0 Å². The first kappa shape index (κ1) is 70.6. The van der Waals surface area contributed by atoms with E-state index in [1.54, 1.807) is 6.07 Å². The molecular formula is C43H82BN9O12. The molecule has 0 aliphatic heterocycles. The van der Waals surface area contributed by atoms with Crippen LogP contribution in [0.1, 0.15) is 51.4 Å². The maximum Gasteiger partial charge on any atom is 0.0905 e. The van der Waals surface area contributed by atoms with E-state index in [0.717, 1.165) is 25.7 Å². The van der Waals surface area contributed by atoms with E-state index in [-0.39, 0.29) is 84.0 Å². The van der Waals surface area contributed by atoms with Crippen LogP contribution < -0.4 is 22.9 Å². The molecule has 0 amide bonds. The molecule has 0 atom stereocenters. The van der Waals surface area contributed by atoms with Crippen LogP contribution in [0.3, 0.4) is 0 Å². The number of aliphatic hydroxyl groups is 4. The highest BCUT2D eigenvalue weighted by Crippen LogP contribution is 2.23. The van der Waals surface area contributed by atoms with Gasteiger partial charge in [-0.15, -0.1) is 0 Å². The van der Waals surface area contributed by atoms with Crippen LogP contribution in [0.2, 0.25) is 6.82 Å². The Morgan fingerprint density at radius 1 is 0.415 bits per heavy atom. The minimum atomic E-state index is -1.11. The van der Waals surface area contributed by atoms with Crippen LogP contribution in [0.4, 0.5) is 0 Å². The molecule has 21 nitrogen and oxygen atoms in total. The topological polar surface area (TPSA) is 378 Å². The molecule has 0 aromatic heterocycles. The molecule has 374 valence electrons. The Kier molecular flexibility index (Phi) is 63.7. The zero-order valence-corrected chi connectivity index (χ0v) is 39.1. The van der Waals surface area contributed by atoms with Crippen molar-refractivity contribution in [3.8, 4) is 30.3 Å². The van der Waals surface area contributed by atoms with Gasteiger partial charge in [0.2, 0.25) is 0 Å². The van der Waals surface area contributed by atoms with Gasteiger partial charge < -0.3 is 81.3 Å². The second kappa shape index (κ2) is 58.6. The summed E-state index contributed by atoms with van der Waals surface area (Å²) >= 11 is 0. The van der Waals surface area contributed by atoms with Crippen LogP contribution in [0, 0.1) is 72.9 Å². The molecule has 0 rings (SSSR count). The highest BCUT2D eigenvalue weighted by molar-refractivity contribution is 6.05. The molecule has 0 spiro atoms. The minimum absolute atomic E-state index is 0.250. The molecule has 0 saturated heterocycles. The molecule has 0 aliphatic rings. The van der Waals surface area contributed by atoms with Crippen molar-refractivity contribution in [3.63, 3.8) is 0 Å². The lowest BCUT2D eigenvalue weighted by molar-refractivity contribution is -0.107. The molecule has 0 heterocycles. The van der Waals surface area contributed by atoms with E-state index in [0.29, 0.717) is 79.0 Å². The fourth-order valence-corrected chi connectivity index (χ4v) is 4.32. The van der Waals surface area contributed by atoms with E-state index in [1.165, 1.54) is 12.9 Å². The summed E-state index contributed by atoms with van der Waals surface area (Å²) in [4.78, 5) is 0. The third-order valence-corrected chi connectivity index (χ3v) is 8.10. The fraction of sp³-hybridized carbons (Fsp3) is 0.837. The van der Waals surface area contributed by atoms with Gasteiger partial charge in [-0.1, -0.05) is 13.4 Å². The van der Waals surface area contributed by atoms with Gasteiger partial charge in [-0.2, -0.15) is 26.3 Å². The van der Waals surface area contributed by atoms with Crippen molar-refractivity contribution in [2.24, 2.45) is 39.2 Å². The fourth-order valence-electron chi connectivity index (χ4n) is 4.32. The van der Waals surface area contributed by atoms with Gasteiger partial charge >= 0.3 is 0 Å². The molecule has 0 aromatic rings. The molecule has 12 N–H and O–H groups in total. The third kappa shape index (κ3) is 48.4. The van der Waals surface area contributed by atoms with E-state index < -0.39 is 37.3 Å². The first-order chi connectivity index (χ1) is 31.6. The molecule has 0 bridgehead atoms. The van der Waals surface area contributed by atoms with Crippen LogP contribution >= 0.6 is 0 Å². The Morgan fingerprint density at radius 3 is 0.723 bits per heavy atom. The minimum Gasteiger partial charge on any atom is -0.396 e. The number of hydrogen-bond acceptors (Lipinski definition) is 21. The average molecular weight is 928 g/mol. The first-order valence-corrected chi connectivity index (χ1v) is 21.6. The van der Waals surface area contributed by atoms with Crippen molar-refractivity contribution in [2.75, 3.05) is 158 Å². The monoisotopic (exact) mass is 928 g/mol. The van der Waals surface area contributed by atoms with Gasteiger partial charge in [0.15, 0.2) is 0 Å². The SMILES string of the molecule is C=CC#N.N#CCCOCC(COCCC#N)(COCCC#N)COCCC#N.NCCCOCC(COCCCN)(COCCCN)COCCCN.OCC(CO)(CO)CO.[B]C. The summed E-state index contributed by atoms with van der Waals surface area (Å²) < 4.78 is 45.5. The largest absolute Gasteiger partial charge is 0.396 e. The summed E-state index contributed by atoms with van der Waals surface area (Å²) in [5.74, 6) is 0. The lowest BCUT2D eigenvalue weighted by atomic mass is 9.92. The van der Waals surface area contributed by atoms with Gasteiger partial charge in [-0.05, 0) is 51.9 Å². The third-order valence-electron chi connectivity index (χ3n) is 8.10. The van der Waals surface area contributed by atoms with Gasteiger partial charge in [0.25, 0.3) is 0 Å². The number of nitrogens with zero attached hydrogens (tertiary/aromatic N) is 5. The smallest absolute Gasteiger partial charge is 0.0905 e. The normalized spacial score (nSPS) is 10.6. The van der Waals surface area contributed by atoms with Crippen LogP contribution in [0.5, 0.6) is 0 Å². The molecule has 2 radical (unpaired) electrons. The maximum atomic E-state index is 8.60. The first-order valence-electron chi connectivity index (χ1n) is 21.6. The summed E-state index contributed by atoms with van der Waals surface area (Å²) in [7, 11) is 4.50. The summed E-state index contributed by atoms with van der Waals surface area (Å²) in [6.07, 6.45) is 5.58. The number of nitriles is 5. The summed E-state index contributed by atoms with van der Waals surface area (Å²) in [5, 5.41) is 75.9. The van der Waals surface area contributed by atoms with Crippen LogP contribution in [-0.2, 0) is 37.9 Å². The van der Waals surface area contributed by atoms with E-state index in [1.807, 2.05) is 24.3 Å². The van der Waals surface area contributed by atoms with Gasteiger partial charge in [-0.3, -0.25) is 0 Å². The van der Waals surface area contributed by atoms with Crippen molar-refractivity contribution < 1.29 is 58.3 Å². The van der Waals surface area contributed by atoms with Crippen LogP contribution in [0.15, 0.2) is 12.7 Å². The van der Waals surface area contributed by atoms with Gasteiger partial charge in [0, 0.05) is 32.5 Å². The molecule has 0 aliphatic carbocycles. The second-order valence-electron chi connectivity index (χ2n) is 14.1. The van der Waals surface area contributed by atoms with Gasteiger partial charge in [0.05, 0.1) is 186 Å². The lowest BCUT2D eigenvalue weighted by Gasteiger charge is -2.33. The standard InChI is InChI=1S/C17H40N4O4.C17H24N4O4.C5H12O4.C3H3N.CH3B/c2*18-5-1-9-22-13-17(14-23-10-2-6-19,15-24-11-3-7-20)16-25-12-4-8-21;6-1-5(2-7,3-8)4-9;1-2-3-4;1-2/h1-16,18-21H2;1-4,9-16H2;6-9H,1-4H2;2H,1H2;1H3. The number of aliphatic hydroxyl groups excluding tert-OH is 4. The van der Waals surface area contributed by atoms with Crippen molar-refractivity contribution in [3.05, 3.63) is 12.7 Å². The van der Waals surface area contributed by atoms with Crippen molar-refractivity contribution in [1.29, 1.82) is 26.3 Å². The Bertz CT molecular complexity index is 1050. The summed E-state index contributed by atoms with van der Waals surface area (Å²) in [6, 6.07) is 9.72. The highest BCUT2D eigenvalue weighted by atomic mass is 16.5. The molecular weight excluding hydrogens is 845 g/mol. The van der Waals surface area contributed by atoms with Crippen molar-refractivity contribution >= 4 is 7.85 Å². The Labute approximate surface area is 390 Å². The number of hydrogen-bond donors (Lipinski definition) is 8. The molecule has 0 fully saturated rings. The van der Waals surface area contributed by atoms with Gasteiger partial charge in [-0.25, -0.2) is 0 Å². The van der Waals surface area contributed by atoms with E-state index in [2.05, 4.69) is 14.4 Å². The quantitative estimate of drug-likeness (QED) is 0.0227. The van der Waals surface area contributed by atoms with Gasteiger partial charge in [0.1, 0.15) is 0 Å². The summed E-state index contributed by atoms with van der Waals surface area (Å²) in [6.45, 7) is 12.1. The Balaban J connectivity index is -0.000000282. The average Bonchev–Trinajstić information content (AvgIpc) is 3.34. The number of rotatable bonds is 40. The lowest BCUT2D eigenvalue weighted by Crippen LogP contribution is -2.42. The number of ether oxygens (including phenoxy) is 8. The second-order valence-corrected chi connectivity index (χ2v) is 14.1. The zero-order valence-electron chi connectivity index (χ0n) is 39.1. The molecule has 0 aromatic carbocycles.